The summed E-state index contributed by atoms with van der Waals surface area (Å²) in [6, 6.07) is 0. The van der Waals surface area contributed by atoms with Crippen molar-refractivity contribution in [3.8, 4) is 0 Å². The first kappa shape index (κ1) is 13.4. The predicted octanol–water partition coefficient (Wildman–Crippen LogP) is 4.39. The number of rotatable bonds is 3. The van der Waals surface area contributed by atoms with Crippen molar-refractivity contribution >= 4 is 0 Å². The van der Waals surface area contributed by atoms with Gasteiger partial charge >= 0.3 is 0 Å². The Balaban J connectivity index is 1.92. The summed E-state index contributed by atoms with van der Waals surface area (Å²) in [5.41, 5.74) is -0.456. The molecule has 0 spiro atoms. The second-order valence-corrected chi connectivity index (χ2v) is 7.15. The van der Waals surface area contributed by atoms with Crippen LogP contribution in [0.3, 0.4) is 0 Å². The van der Waals surface area contributed by atoms with Crippen molar-refractivity contribution in [2.75, 3.05) is 0 Å². The molecule has 0 radical (unpaired) electrons. The van der Waals surface area contributed by atoms with E-state index in [0.29, 0.717) is 5.92 Å². The zero-order chi connectivity index (χ0) is 12.5. The zero-order valence-corrected chi connectivity index (χ0v) is 11.9. The van der Waals surface area contributed by atoms with Crippen molar-refractivity contribution in [1.29, 1.82) is 0 Å². The number of hydrogen-bond acceptors (Lipinski definition) is 1. The van der Waals surface area contributed by atoms with Gasteiger partial charge in [0.2, 0.25) is 0 Å². The van der Waals surface area contributed by atoms with Crippen LogP contribution in [0.4, 0.5) is 0 Å². The standard InChI is InChI=1S/C16H30O/c1-4-5-12-6-7-13-8-9-15(16(2,3)17)11-14(13)10-12/h12-15,17H,4-11H2,1-3H3. The van der Waals surface area contributed by atoms with Crippen molar-refractivity contribution in [3.63, 3.8) is 0 Å². The molecule has 4 atom stereocenters. The van der Waals surface area contributed by atoms with E-state index in [4.69, 9.17) is 0 Å². The summed E-state index contributed by atoms with van der Waals surface area (Å²) in [5.74, 6) is 3.44. The first-order chi connectivity index (χ1) is 8.00. The highest BCUT2D eigenvalue weighted by molar-refractivity contribution is 4.90. The lowest BCUT2D eigenvalue weighted by Crippen LogP contribution is -2.39. The lowest BCUT2D eigenvalue weighted by Gasteiger charge is -2.45. The molecule has 0 amide bonds. The lowest BCUT2D eigenvalue weighted by molar-refractivity contribution is -0.0325. The van der Waals surface area contributed by atoms with E-state index < -0.39 is 5.60 Å². The lowest BCUT2D eigenvalue weighted by atomic mass is 9.62. The molecule has 0 aliphatic heterocycles. The number of aliphatic hydroxyl groups is 1. The number of hydrogen-bond donors (Lipinski definition) is 1. The third-order valence-electron chi connectivity index (χ3n) is 5.42. The number of fused-ring (bicyclic) bond motifs is 1. The van der Waals surface area contributed by atoms with E-state index in [-0.39, 0.29) is 0 Å². The van der Waals surface area contributed by atoms with Gasteiger partial charge in [-0.25, -0.2) is 0 Å². The van der Waals surface area contributed by atoms with Crippen LogP contribution in [-0.4, -0.2) is 10.7 Å². The van der Waals surface area contributed by atoms with Gasteiger partial charge in [-0.05, 0) is 69.6 Å². The van der Waals surface area contributed by atoms with Gasteiger partial charge in [0.25, 0.3) is 0 Å². The molecule has 2 fully saturated rings. The van der Waals surface area contributed by atoms with Gasteiger partial charge in [0.05, 0.1) is 5.60 Å². The van der Waals surface area contributed by atoms with E-state index in [2.05, 4.69) is 6.92 Å². The smallest absolute Gasteiger partial charge is 0.0619 e. The molecule has 2 aliphatic carbocycles. The van der Waals surface area contributed by atoms with Crippen LogP contribution in [0.2, 0.25) is 0 Å². The van der Waals surface area contributed by atoms with Crippen LogP contribution < -0.4 is 0 Å². The van der Waals surface area contributed by atoms with Gasteiger partial charge in [0, 0.05) is 0 Å². The molecule has 4 unspecified atom stereocenters. The maximum atomic E-state index is 10.2. The Morgan fingerprint density at radius 1 is 1.00 bits per heavy atom. The third kappa shape index (κ3) is 3.24. The van der Waals surface area contributed by atoms with E-state index >= 15 is 0 Å². The van der Waals surface area contributed by atoms with Crippen LogP contribution in [0.5, 0.6) is 0 Å². The molecule has 0 aromatic rings. The molecule has 0 bridgehead atoms. The van der Waals surface area contributed by atoms with E-state index in [1.165, 1.54) is 51.4 Å². The van der Waals surface area contributed by atoms with E-state index in [1.54, 1.807) is 0 Å². The average Bonchev–Trinajstić information content (AvgIpc) is 2.27. The molecule has 1 heteroatoms. The van der Waals surface area contributed by atoms with Gasteiger partial charge in [-0.2, -0.15) is 0 Å². The second kappa shape index (κ2) is 5.30. The zero-order valence-electron chi connectivity index (χ0n) is 11.9. The summed E-state index contributed by atoms with van der Waals surface area (Å²) >= 11 is 0. The maximum Gasteiger partial charge on any atom is 0.0619 e. The van der Waals surface area contributed by atoms with Crippen molar-refractivity contribution in [1.82, 2.24) is 0 Å². The molecule has 1 N–H and O–H groups in total. The molecule has 2 aliphatic rings. The fourth-order valence-corrected chi connectivity index (χ4v) is 4.30. The van der Waals surface area contributed by atoms with Gasteiger partial charge in [-0.1, -0.05) is 26.2 Å². The molecule has 100 valence electrons. The van der Waals surface area contributed by atoms with Crippen LogP contribution in [0, 0.1) is 23.7 Å². The highest BCUT2D eigenvalue weighted by atomic mass is 16.3. The first-order valence-electron chi connectivity index (χ1n) is 7.73. The molecule has 2 saturated carbocycles. The van der Waals surface area contributed by atoms with Crippen LogP contribution in [0.25, 0.3) is 0 Å². The van der Waals surface area contributed by atoms with Gasteiger partial charge in [-0.15, -0.1) is 0 Å². The Labute approximate surface area is 107 Å². The second-order valence-electron chi connectivity index (χ2n) is 7.15. The van der Waals surface area contributed by atoms with Crippen molar-refractivity contribution in [2.45, 2.75) is 77.7 Å². The Kier molecular flexibility index (Phi) is 4.18. The highest BCUT2D eigenvalue weighted by Crippen LogP contribution is 2.47. The Bertz CT molecular complexity index is 240. The quantitative estimate of drug-likeness (QED) is 0.773. The molecule has 17 heavy (non-hydrogen) atoms. The SMILES string of the molecule is CCCC1CCC2CCC(C(C)(C)O)CC2C1. The average molecular weight is 238 g/mol. The molecule has 0 saturated heterocycles. The van der Waals surface area contributed by atoms with Crippen LogP contribution in [0.15, 0.2) is 0 Å². The maximum absolute atomic E-state index is 10.2. The van der Waals surface area contributed by atoms with Crippen molar-refractivity contribution in [3.05, 3.63) is 0 Å². The molecule has 0 aromatic carbocycles. The van der Waals surface area contributed by atoms with Crippen molar-refractivity contribution in [2.24, 2.45) is 23.7 Å². The summed E-state index contributed by atoms with van der Waals surface area (Å²) in [6.45, 7) is 6.32. The third-order valence-corrected chi connectivity index (χ3v) is 5.42. The fraction of sp³-hybridized carbons (Fsp3) is 1.00. The molecule has 0 aromatic heterocycles. The highest BCUT2D eigenvalue weighted by Gasteiger charge is 2.39. The summed E-state index contributed by atoms with van der Waals surface area (Å²) in [6.07, 6.45) is 11.1. The van der Waals surface area contributed by atoms with E-state index in [1.807, 2.05) is 13.8 Å². The summed E-state index contributed by atoms with van der Waals surface area (Å²) in [4.78, 5) is 0. The van der Waals surface area contributed by atoms with Crippen LogP contribution >= 0.6 is 0 Å². The van der Waals surface area contributed by atoms with Crippen molar-refractivity contribution < 1.29 is 5.11 Å². The van der Waals surface area contributed by atoms with Crippen LogP contribution in [0.1, 0.15) is 72.1 Å². The van der Waals surface area contributed by atoms with Gasteiger partial charge in [-0.3, -0.25) is 0 Å². The van der Waals surface area contributed by atoms with Gasteiger partial charge in [0.1, 0.15) is 0 Å². The molecule has 1 nitrogen and oxygen atoms in total. The van der Waals surface area contributed by atoms with E-state index in [0.717, 1.165) is 17.8 Å². The molecular formula is C16H30O. The minimum atomic E-state index is -0.456. The predicted molar refractivity (Wildman–Crippen MR) is 72.9 cm³/mol. The summed E-state index contributed by atoms with van der Waals surface area (Å²) in [5, 5.41) is 10.2. The largest absolute Gasteiger partial charge is 0.390 e. The normalized spacial score (nSPS) is 38.8. The summed E-state index contributed by atoms with van der Waals surface area (Å²) < 4.78 is 0. The molecular weight excluding hydrogens is 208 g/mol. The first-order valence-corrected chi connectivity index (χ1v) is 7.73. The molecule has 2 rings (SSSR count). The molecule has 0 heterocycles. The minimum Gasteiger partial charge on any atom is -0.390 e. The summed E-state index contributed by atoms with van der Waals surface area (Å²) in [7, 11) is 0. The topological polar surface area (TPSA) is 20.2 Å². The minimum absolute atomic E-state index is 0.456. The van der Waals surface area contributed by atoms with Gasteiger partial charge < -0.3 is 5.11 Å². The van der Waals surface area contributed by atoms with Gasteiger partial charge in [0.15, 0.2) is 0 Å². The Morgan fingerprint density at radius 3 is 2.35 bits per heavy atom. The fourth-order valence-electron chi connectivity index (χ4n) is 4.30. The Morgan fingerprint density at radius 2 is 1.71 bits per heavy atom. The Hall–Kier alpha value is -0.0400. The van der Waals surface area contributed by atoms with E-state index in [9.17, 15) is 5.11 Å². The van der Waals surface area contributed by atoms with Crippen LogP contribution in [-0.2, 0) is 0 Å². The monoisotopic (exact) mass is 238 g/mol.